The maximum Gasteiger partial charge on any atom is 0.443 e. The molecule has 0 saturated carbocycles. The highest BCUT2D eigenvalue weighted by Gasteiger charge is 2.35. The van der Waals surface area contributed by atoms with Gasteiger partial charge >= 0.3 is 6.18 Å². The normalized spacial score (nSPS) is 16.1. The summed E-state index contributed by atoms with van der Waals surface area (Å²) in [5.74, 6) is 0. The number of likely N-dealkylation sites (N-methyl/N-ethyl adjacent to an activating group) is 1. The third kappa shape index (κ3) is 2.63. The largest absolute Gasteiger partial charge is 0.443 e. The molecule has 1 aromatic heterocycles. The zero-order valence-corrected chi connectivity index (χ0v) is 12.0. The van der Waals surface area contributed by atoms with Crippen molar-refractivity contribution in [2.75, 3.05) is 18.5 Å². The molecule has 21 heavy (non-hydrogen) atoms. The number of aliphatic hydroxyl groups excluding tert-OH is 1. The van der Waals surface area contributed by atoms with Crippen LogP contribution in [0.3, 0.4) is 0 Å². The Bertz CT molecular complexity index is 668. The Morgan fingerprint density at radius 3 is 2.81 bits per heavy atom. The predicted molar refractivity (Wildman–Crippen MR) is 74.6 cm³/mol. The number of alkyl halides is 3. The predicted octanol–water partition coefficient (Wildman–Crippen LogP) is 3.24. The molecule has 1 unspecified atom stereocenters. The molecule has 2 aromatic rings. The summed E-state index contributed by atoms with van der Waals surface area (Å²) in [6.45, 7) is 0.910. The number of hydrogen-bond donors (Lipinski definition) is 1. The average molecular weight is 314 g/mol. The number of halogens is 3. The van der Waals surface area contributed by atoms with Crippen LogP contribution < -0.4 is 4.90 Å². The van der Waals surface area contributed by atoms with Gasteiger partial charge in [0.15, 0.2) is 5.01 Å². The number of aromatic nitrogens is 1. The fourth-order valence-corrected chi connectivity index (χ4v) is 3.26. The van der Waals surface area contributed by atoms with Gasteiger partial charge in [-0.15, -0.1) is 11.3 Å². The van der Waals surface area contributed by atoms with Crippen molar-refractivity contribution in [3.8, 4) is 0 Å². The van der Waals surface area contributed by atoms with E-state index in [0.29, 0.717) is 16.9 Å². The molecule has 112 valence electrons. The van der Waals surface area contributed by atoms with Gasteiger partial charge in [0.1, 0.15) is 6.10 Å². The van der Waals surface area contributed by atoms with Gasteiger partial charge in [-0.3, -0.25) is 0 Å². The first kappa shape index (κ1) is 14.3. The van der Waals surface area contributed by atoms with Crippen molar-refractivity contribution in [2.24, 2.45) is 0 Å². The van der Waals surface area contributed by atoms with E-state index >= 15 is 0 Å². The van der Waals surface area contributed by atoms with Gasteiger partial charge in [0.25, 0.3) is 0 Å². The van der Waals surface area contributed by atoms with Crippen LogP contribution in [0.2, 0.25) is 0 Å². The van der Waals surface area contributed by atoms with Crippen LogP contribution in [-0.4, -0.2) is 23.7 Å². The number of benzene rings is 1. The molecule has 0 aliphatic carbocycles. The summed E-state index contributed by atoms with van der Waals surface area (Å²) in [7, 11) is 1.99. The smallest absolute Gasteiger partial charge is 0.383 e. The van der Waals surface area contributed by atoms with E-state index in [2.05, 4.69) is 9.88 Å². The molecule has 3 nitrogen and oxygen atoms in total. The van der Waals surface area contributed by atoms with Crippen molar-refractivity contribution in [2.45, 2.75) is 18.7 Å². The minimum atomic E-state index is -4.47. The topological polar surface area (TPSA) is 36.4 Å². The minimum absolute atomic E-state index is 0.202. The van der Waals surface area contributed by atoms with Gasteiger partial charge < -0.3 is 10.0 Å². The molecule has 7 heteroatoms. The van der Waals surface area contributed by atoms with Gasteiger partial charge in [-0.2, -0.15) is 13.2 Å². The summed E-state index contributed by atoms with van der Waals surface area (Å²) < 4.78 is 37.7. The Balaban J connectivity index is 1.89. The second-order valence-electron chi connectivity index (χ2n) is 5.03. The van der Waals surface area contributed by atoms with Gasteiger partial charge in [0, 0.05) is 25.5 Å². The Labute approximate surface area is 123 Å². The molecule has 3 rings (SSSR count). The first-order valence-electron chi connectivity index (χ1n) is 6.41. The first-order chi connectivity index (χ1) is 9.86. The molecule has 0 spiro atoms. The van der Waals surface area contributed by atoms with Crippen LogP contribution >= 0.6 is 11.3 Å². The molecule has 1 aromatic carbocycles. The Kier molecular flexibility index (Phi) is 3.41. The number of hydrogen-bond acceptors (Lipinski definition) is 4. The lowest BCUT2D eigenvalue weighted by Gasteiger charge is -2.14. The van der Waals surface area contributed by atoms with Crippen molar-refractivity contribution in [1.82, 2.24) is 4.98 Å². The molecule has 1 aliphatic heterocycles. The standard InChI is InChI=1S/C14H13F3N2OS/c1-19-5-4-8-6-9(2-3-10(8)19)12(20)11-7-18-13(21-11)14(15,16)17/h2-3,6-7,12,20H,4-5H2,1H3. The van der Waals surface area contributed by atoms with E-state index in [1.165, 1.54) is 0 Å². The third-order valence-corrected chi connectivity index (χ3v) is 4.68. The average Bonchev–Trinajstić information content (AvgIpc) is 3.05. The van der Waals surface area contributed by atoms with E-state index in [1.807, 2.05) is 19.2 Å². The molecule has 2 heterocycles. The number of thiazole rings is 1. The van der Waals surface area contributed by atoms with Crippen molar-refractivity contribution in [3.05, 3.63) is 45.4 Å². The van der Waals surface area contributed by atoms with Gasteiger partial charge in [-0.1, -0.05) is 12.1 Å². The van der Waals surface area contributed by atoms with Crippen LogP contribution in [0.15, 0.2) is 24.4 Å². The summed E-state index contributed by atoms with van der Waals surface area (Å²) in [6, 6.07) is 5.50. The van der Waals surface area contributed by atoms with Crippen molar-refractivity contribution >= 4 is 17.0 Å². The van der Waals surface area contributed by atoms with Crippen LogP contribution in [0.25, 0.3) is 0 Å². The van der Waals surface area contributed by atoms with Crippen molar-refractivity contribution in [3.63, 3.8) is 0 Å². The SMILES string of the molecule is CN1CCc2cc(C(O)c3cnc(C(F)(F)F)s3)ccc21. The van der Waals surface area contributed by atoms with Gasteiger partial charge in [0.05, 0.1) is 4.88 Å². The van der Waals surface area contributed by atoms with E-state index in [0.717, 1.165) is 30.4 Å². The lowest BCUT2D eigenvalue weighted by molar-refractivity contribution is -0.137. The lowest BCUT2D eigenvalue weighted by Crippen LogP contribution is -2.12. The molecule has 0 bridgehead atoms. The zero-order chi connectivity index (χ0) is 15.2. The monoisotopic (exact) mass is 314 g/mol. The van der Waals surface area contributed by atoms with E-state index in [9.17, 15) is 18.3 Å². The number of rotatable bonds is 2. The molecule has 1 aliphatic rings. The highest BCUT2D eigenvalue weighted by molar-refractivity contribution is 7.11. The summed E-state index contributed by atoms with van der Waals surface area (Å²) in [5.41, 5.74) is 2.81. The van der Waals surface area contributed by atoms with Gasteiger partial charge in [0.2, 0.25) is 0 Å². The van der Waals surface area contributed by atoms with E-state index < -0.39 is 17.3 Å². The number of fused-ring (bicyclic) bond motifs is 1. The first-order valence-corrected chi connectivity index (χ1v) is 7.23. The molecular weight excluding hydrogens is 301 g/mol. The summed E-state index contributed by atoms with van der Waals surface area (Å²) >= 11 is 0.480. The molecular formula is C14H13F3N2OS. The highest BCUT2D eigenvalue weighted by Crippen LogP contribution is 2.37. The third-order valence-electron chi connectivity index (χ3n) is 3.58. The Morgan fingerprint density at radius 1 is 1.38 bits per heavy atom. The van der Waals surface area contributed by atoms with E-state index in [4.69, 9.17) is 0 Å². The summed E-state index contributed by atoms with van der Waals surface area (Å²) in [5, 5.41) is 9.32. The van der Waals surface area contributed by atoms with E-state index in [1.54, 1.807) is 6.07 Å². The van der Waals surface area contributed by atoms with Crippen LogP contribution in [0.4, 0.5) is 18.9 Å². The van der Waals surface area contributed by atoms with Crippen molar-refractivity contribution in [1.29, 1.82) is 0 Å². The number of aliphatic hydroxyl groups is 1. The Hall–Kier alpha value is -1.60. The molecule has 0 saturated heterocycles. The molecule has 1 atom stereocenters. The maximum atomic E-state index is 12.6. The number of nitrogens with zero attached hydrogens (tertiary/aromatic N) is 2. The van der Waals surface area contributed by atoms with E-state index in [-0.39, 0.29) is 4.88 Å². The minimum Gasteiger partial charge on any atom is -0.383 e. The summed E-state index contributed by atoms with van der Waals surface area (Å²) in [6.07, 6.45) is -3.57. The van der Waals surface area contributed by atoms with Crippen LogP contribution in [-0.2, 0) is 12.6 Å². The molecule has 0 amide bonds. The van der Waals surface area contributed by atoms with Crippen molar-refractivity contribution < 1.29 is 18.3 Å². The van der Waals surface area contributed by atoms with Crippen LogP contribution in [0, 0.1) is 0 Å². The molecule has 1 N–H and O–H groups in total. The second kappa shape index (κ2) is 4.99. The van der Waals surface area contributed by atoms with Gasteiger partial charge in [-0.25, -0.2) is 4.98 Å². The van der Waals surface area contributed by atoms with Gasteiger partial charge in [-0.05, 0) is 23.6 Å². The van der Waals surface area contributed by atoms with Crippen LogP contribution in [0.5, 0.6) is 0 Å². The second-order valence-corrected chi connectivity index (χ2v) is 6.09. The fourth-order valence-electron chi connectivity index (χ4n) is 2.47. The molecule has 0 radical (unpaired) electrons. The number of anilines is 1. The summed E-state index contributed by atoms with van der Waals surface area (Å²) in [4.78, 5) is 5.66. The van der Waals surface area contributed by atoms with Crippen LogP contribution in [0.1, 0.15) is 27.1 Å². The fraction of sp³-hybridized carbons (Fsp3) is 0.357. The zero-order valence-electron chi connectivity index (χ0n) is 11.2. The lowest BCUT2D eigenvalue weighted by atomic mass is 10.0. The quantitative estimate of drug-likeness (QED) is 0.924. The molecule has 0 fully saturated rings. The maximum absolute atomic E-state index is 12.6. The Morgan fingerprint density at radius 2 is 2.14 bits per heavy atom. The highest BCUT2D eigenvalue weighted by atomic mass is 32.1.